The van der Waals surface area contributed by atoms with Gasteiger partial charge in [0, 0.05) is 12.6 Å². The van der Waals surface area contributed by atoms with Crippen LogP contribution in [0.15, 0.2) is 18.3 Å². The predicted octanol–water partition coefficient (Wildman–Crippen LogP) is 3.17. The van der Waals surface area contributed by atoms with Gasteiger partial charge in [-0.2, -0.15) is 0 Å². The monoisotopic (exact) mass is 311 g/mol. The van der Waals surface area contributed by atoms with Gasteiger partial charge in [-0.1, -0.05) is 0 Å². The van der Waals surface area contributed by atoms with Crippen molar-refractivity contribution in [3.8, 4) is 0 Å². The number of pyridine rings is 1. The molecule has 0 fully saturated rings. The van der Waals surface area contributed by atoms with Gasteiger partial charge in [0.1, 0.15) is 11.4 Å². The fourth-order valence-corrected chi connectivity index (χ4v) is 1.78. The van der Waals surface area contributed by atoms with Crippen LogP contribution < -0.4 is 10.6 Å². The van der Waals surface area contributed by atoms with Gasteiger partial charge in [-0.25, -0.2) is 9.18 Å². The highest BCUT2D eigenvalue weighted by molar-refractivity contribution is 5.68. The van der Waals surface area contributed by atoms with Crippen molar-refractivity contribution in [1.82, 2.24) is 15.6 Å². The fourth-order valence-electron chi connectivity index (χ4n) is 1.78. The number of amides is 1. The largest absolute Gasteiger partial charge is 0.444 e. The molecule has 0 aliphatic heterocycles. The first kappa shape index (κ1) is 18.4. The van der Waals surface area contributed by atoms with Crippen molar-refractivity contribution in [3.05, 3.63) is 29.8 Å². The molecule has 1 rings (SSSR count). The van der Waals surface area contributed by atoms with E-state index in [1.54, 1.807) is 6.07 Å². The van der Waals surface area contributed by atoms with Crippen LogP contribution in [-0.4, -0.2) is 28.8 Å². The van der Waals surface area contributed by atoms with E-state index in [0.29, 0.717) is 6.54 Å². The molecule has 1 amide bonds. The zero-order valence-electron chi connectivity index (χ0n) is 14.2. The first-order valence-electron chi connectivity index (χ1n) is 7.34. The Morgan fingerprint density at radius 1 is 1.32 bits per heavy atom. The lowest BCUT2D eigenvalue weighted by molar-refractivity contribution is 0.0471. The van der Waals surface area contributed by atoms with Crippen LogP contribution in [0.2, 0.25) is 0 Å². The highest BCUT2D eigenvalue weighted by Gasteiger charge is 2.25. The molecule has 0 spiro atoms. The van der Waals surface area contributed by atoms with Crippen molar-refractivity contribution in [2.45, 2.75) is 58.7 Å². The van der Waals surface area contributed by atoms with E-state index >= 15 is 0 Å². The molecule has 0 bridgehead atoms. The van der Waals surface area contributed by atoms with Gasteiger partial charge in [0.25, 0.3) is 0 Å². The summed E-state index contributed by atoms with van der Waals surface area (Å²) in [6.45, 7) is 11.7. The molecule has 1 heterocycles. The maximum atomic E-state index is 12.9. The number of nitrogens with zero attached hydrogens (tertiary/aromatic N) is 1. The second-order valence-corrected chi connectivity index (χ2v) is 7.01. The summed E-state index contributed by atoms with van der Waals surface area (Å²) in [7, 11) is 0. The molecule has 6 heteroatoms. The number of carbonyl (C=O) groups excluding carboxylic acids is 1. The molecule has 2 N–H and O–H groups in total. The van der Waals surface area contributed by atoms with Crippen LogP contribution in [0.25, 0.3) is 0 Å². The average molecular weight is 311 g/mol. The summed E-state index contributed by atoms with van der Waals surface area (Å²) in [5, 5.41) is 6.10. The van der Waals surface area contributed by atoms with Crippen molar-refractivity contribution in [3.63, 3.8) is 0 Å². The van der Waals surface area contributed by atoms with Gasteiger partial charge in [0.2, 0.25) is 0 Å². The van der Waals surface area contributed by atoms with E-state index in [9.17, 15) is 9.18 Å². The van der Waals surface area contributed by atoms with Crippen LogP contribution in [0.3, 0.4) is 0 Å². The number of ether oxygens (including phenoxy) is 1. The number of nitrogens with one attached hydrogen (secondary N) is 2. The zero-order chi connectivity index (χ0) is 17.0. The predicted molar refractivity (Wildman–Crippen MR) is 84.1 cm³/mol. The van der Waals surface area contributed by atoms with Crippen molar-refractivity contribution >= 4 is 6.09 Å². The molecule has 0 saturated carbocycles. The molecule has 1 atom stereocenters. The van der Waals surface area contributed by atoms with Crippen LogP contribution in [0.4, 0.5) is 9.18 Å². The Bertz CT molecular complexity index is 495. The second kappa shape index (κ2) is 7.05. The quantitative estimate of drug-likeness (QED) is 0.876. The number of alkyl carbamates (subject to hydrolysis) is 1. The van der Waals surface area contributed by atoms with Crippen molar-refractivity contribution in [2.24, 2.45) is 0 Å². The lowest BCUT2D eigenvalue weighted by Gasteiger charge is -2.30. The van der Waals surface area contributed by atoms with Gasteiger partial charge in [-0.05, 0) is 53.7 Å². The standard InChI is InChI=1S/C16H26FN3O2/c1-11(13-8-7-12(17)9-18-13)19-10-16(5,6)20-14(21)22-15(2,3)4/h7-9,11,19H,10H2,1-6H3,(H,20,21). The maximum Gasteiger partial charge on any atom is 0.408 e. The number of carbonyl (C=O) groups is 1. The molecule has 1 aromatic rings. The van der Waals surface area contributed by atoms with Gasteiger partial charge >= 0.3 is 6.09 Å². The van der Waals surface area contributed by atoms with E-state index in [1.807, 2.05) is 41.5 Å². The van der Waals surface area contributed by atoms with Crippen LogP contribution in [0.1, 0.15) is 53.3 Å². The highest BCUT2D eigenvalue weighted by atomic mass is 19.1. The molecule has 0 aromatic carbocycles. The Labute approximate surface area is 131 Å². The van der Waals surface area contributed by atoms with Crippen LogP contribution in [0.5, 0.6) is 0 Å². The minimum atomic E-state index is -0.529. The van der Waals surface area contributed by atoms with E-state index in [-0.39, 0.29) is 11.9 Å². The fraction of sp³-hybridized carbons (Fsp3) is 0.625. The first-order chi connectivity index (χ1) is 9.98. The summed E-state index contributed by atoms with van der Waals surface area (Å²) in [6.07, 6.45) is 0.740. The second-order valence-electron chi connectivity index (χ2n) is 7.01. The maximum absolute atomic E-state index is 12.9. The Morgan fingerprint density at radius 3 is 2.45 bits per heavy atom. The molecule has 0 aliphatic carbocycles. The molecule has 1 aromatic heterocycles. The molecule has 0 aliphatic rings. The van der Waals surface area contributed by atoms with Crippen molar-refractivity contribution in [2.75, 3.05) is 6.54 Å². The third-order valence-electron chi connectivity index (χ3n) is 2.88. The molecular weight excluding hydrogens is 285 g/mol. The Kier molecular flexibility index (Phi) is 5.88. The first-order valence-corrected chi connectivity index (χ1v) is 7.34. The summed E-state index contributed by atoms with van der Waals surface area (Å²) < 4.78 is 18.1. The summed E-state index contributed by atoms with van der Waals surface area (Å²) >= 11 is 0. The molecule has 1 unspecified atom stereocenters. The Hall–Kier alpha value is -1.69. The van der Waals surface area contributed by atoms with Gasteiger partial charge in [0.15, 0.2) is 0 Å². The third-order valence-corrected chi connectivity index (χ3v) is 2.88. The highest BCUT2D eigenvalue weighted by Crippen LogP contribution is 2.12. The Balaban J connectivity index is 2.50. The van der Waals surface area contributed by atoms with Crippen molar-refractivity contribution < 1.29 is 13.9 Å². The summed E-state index contributed by atoms with van der Waals surface area (Å²) in [5.41, 5.74) is -0.273. The normalized spacial score (nSPS) is 13.6. The molecule has 0 radical (unpaired) electrons. The van der Waals surface area contributed by atoms with Gasteiger partial charge in [-0.3, -0.25) is 4.98 Å². The van der Waals surface area contributed by atoms with Crippen molar-refractivity contribution in [1.29, 1.82) is 0 Å². The van der Waals surface area contributed by atoms with Crippen LogP contribution in [0, 0.1) is 5.82 Å². The number of hydrogen-bond acceptors (Lipinski definition) is 4. The van der Waals surface area contributed by atoms with E-state index in [0.717, 1.165) is 5.69 Å². The number of rotatable bonds is 5. The third kappa shape index (κ3) is 6.85. The molecule has 5 nitrogen and oxygen atoms in total. The summed E-state index contributed by atoms with van der Waals surface area (Å²) in [4.78, 5) is 15.9. The SMILES string of the molecule is CC(NCC(C)(C)NC(=O)OC(C)(C)C)c1ccc(F)cn1. The van der Waals surface area contributed by atoms with E-state index in [2.05, 4.69) is 15.6 Å². The number of aromatic nitrogens is 1. The summed E-state index contributed by atoms with van der Waals surface area (Å²) in [5.74, 6) is -0.358. The molecule has 124 valence electrons. The molecule has 0 saturated heterocycles. The smallest absolute Gasteiger partial charge is 0.408 e. The number of halogens is 1. The van der Waals surface area contributed by atoms with Gasteiger partial charge in [-0.15, -0.1) is 0 Å². The van der Waals surface area contributed by atoms with Crippen LogP contribution in [-0.2, 0) is 4.74 Å². The minimum absolute atomic E-state index is 0.0553. The topological polar surface area (TPSA) is 63.2 Å². The lowest BCUT2D eigenvalue weighted by atomic mass is 10.1. The lowest BCUT2D eigenvalue weighted by Crippen LogP contribution is -2.52. The molecule has 22 heavy (non-hydrogen) atoms. The molecular formula is C16H26FN3O2. The summed E-state index contributed by atoms with van der Waals surface area (Å²) in [6, 6.07) is 2.96. The van der Waals surface area contributed by atoms with Crippen LogP contribution >= 0.6 is 0 Å². The van der Waals surface area contributed by atoms with Gasteiger partial charge in [0.05, 0.1) is 17.4 Å². The minimum Gasteiger partial charge on any atom is -0.444 e. The average Bonchev–Trinajstić information content (AvgIpc) is 2.33. The number of hydrogen-bond donors (Lipinski definition) is 2. The van der Waals surface area contributed by atoms with E-state index in [4.69, 9.17) is 4.74 Å². The van der Waals surface area contributed by atoms with E-state index in [1.165, 1.54) is 12.3 Å². The van der Waals surface area contributed by atoms with E-state index < -0.39 is 17.2 Å². The zero-order valence-corrected chi connectivity index (χ0v) is 14.2. The van der Waals surface area contributed by atoms with Gasteiger partial charge < -0.3 is 15.4 Å². The Morgan fingerprint density at radius 2 is 1.95 bits per heavy atom.